The van der Waals surface area contributed by atoms with Gasteiger partial charge in [-0.25, -0.2) is 13.6 Å². The molecule has 1 fully saturated rings. The number of aromatic nitrogens is 5. The molecule has 0 unspecified atom stereocenters. The smallest absolute Gasteiger partial charge is 0.339 e. The second kappa shape index (κ2) is 11.3. The van der Waals surface area contributed by atoms with Crippen molar-refractivity contribution in [2.45, 2.75) is 26.2 Å². The van der Waals surface area contributed by atoms with Crippen LogP contribution < -0.4 is 16.1 Å². The average Bonchev–Trinajstić information content (AvgIpc) is 3.38. The van der Waals surface area contributed by atoms with Crippen LogP contribution in [0.2, 0.25) is 0 Å². The van der Waals surface area contributed by atoms with Gasteiger partial charge in [0.15, 0.2) is 28.5 Å². The van der Waals surface area contributed by atoms with Gasteiger partial charge in [-0.05, 0) is 36.8 Å². The third kappa shape index (κ3) is 5.47. The molecule has 4 heterocycles. The fourth-order valence-corrected chi connectivity index (χ4v) is 4.95. The number of hydrogen-bond donors (Lipinski definition) is 0. The molecule has 0 aliphatic carbocycles. The summed E-state index contributed by atoms with van der Waals surface area (Å²) in [7, 11) is 1.42. The van der Waals surface area contributed by atoms with Gasteiger partial charge in [0.05, 0.1) is 18.7 Å². The van der Waals surface area contributed by atoms with Gasteiger partial charge in [0.2, 0.25) is 5.95 Å². The number of benzene rings is 1. The van der Waals surface area contributed by atoms with E-state index in [1.165, 1.54) is 28.6 Å². The molecule has 0 saturated carbocycles. The van der Waals surface area contributed by atoms with Crippen LogP contribution in [-0.2, 0) is 26.3 Å². The largest absolute Gasteiger partial charge is 0.434 e. The van der Waals surface area contributed by atoms with Crippen molar-refractivity contribution in [3.63, 3.8) is 0 Å². The molecule has 5 rings (SSSR count). The lowest BCUT2D eigenvalue weighted by Gasteiger charge is -2.35. The summed E-state index contributed by atoms with van der Waals surface area (Å²) < 4.78 is 71.1. The molecule has 0 atom stereocenters. The molecular weight excluding hydrogens is 577 g/mol. The molecule has 10 nitrogen and oxygen atoms in total. The molecule has 3 aromatic heterocycles. The van der Waals surface area contributed by atoms with Crippen LogP contribution in [0, 0.1) is 23.5 Å². The lowest BCUT2D eigenvalue weighted by atomic mass is 10.1. The molecule has 1 saturated heterocycles. The number of amides is 1. The molecule has 0 N–H and O–H groups in total. The molecule has 15 heteroatoms. The molecule has 1 aromatic carbocycles. The van der Waals surface area contributed by atoms with Crippen molar-refractivity contribution >= 4 is 23.0 Å². The monoisotopic (exact) mass is 601 g/mol. The number of aryl methyl sites for hydroxylation is 1. The van der Waals surface area contributed by atoms with Gasteiger partial charge in [-0.2, -0.15) is 18.2 Å². The number of pyridine rings is 1. The molecule has 0 spiro atoms. The number of nitrogens with zero attached hydrogens (tertiary/aromatic N) is 7. The molecule has 0 radical (unpaired) electrons. The Morgan fingerprint density at radius 1 is 1.02 bits per heavy atom. The predicted molar refractivity (Wildman–Crippen MR) is 145 cm³/mol. The Hall–Kier alpha value is -5.00. The van der Waals surface area contributed by atoms with Gasteiger partial charge in [0.25, 0.3) is 11.5 Å². The van der Waals surface area contributed by atoms with Crippen molar-refractivity contribution in [2.24, 2.45) is 7.05 Å². The van der Waals surface area contributed by atoms with Crippen molar-refractivity contribution in [1.82, 2.24) is 28.6 Å². The van der Waals surface area contributed by atoms with Crippen LogP contribution in [0.1, 0.15) is 28.5 Å². The number of fused-ring (bicyclic) bond motifs is 1. The summed E-state index contributed by atoms with van der Waals surface area (Å²) in [5, 5.41) is 0. The summed E-state index contributed by atoms with van der Waals surface area (Å²) in [6, 6.07) is 5.42. The number of imidazole rings is 1. The Balaban J connectivity index is 1.49. The first-order valence-electron chi connectivity index (χ1n) is 13.0. The number of rotatable bonds is 5. The second-order valence-corrected chi connectivity index (χ2v) is 9.75. The van der Waals surface area contributed by atoms with E-state index < -0.39 is 46.2 Å². The summed E-state index contributed by atoms with van der Waals surface area (Å²) in [4.78, 5) is 50.8. The van der Waals surface area contributed by atoms with Crippen LogP contribution in [0.15, 0.2) is 46.1 Å². The van der Waals surface area contributed by atoms with Crippen LogP contribution in [0.3, 0.4) is 0 Å². The van der Waals surface area contributed by atoms with Crippen molar-refractivity contribution in [3.05, 3.63) is 85.8 Å². The van der Waals surface area contributed by atoms with E-state index in [1.807, 2.05) is 0 Å². The SMILES string of the molecule is CC#CCn1c(N2CCN(C(=O)c3cccnc3C(F)(F)F)CC2)nc2c1c(=O)n(Cc1ccc(F)c(F)c1)c(=O)n2C. The van der Waals surface area contributed by atoms with Crippen LogP contribution >= 0.6 is 0 Å². The van der Waals surface area contributed by atoms with Gasteiger partial charge in [0.1, 0.15) is 0 Å². The molecular formula is C28H24F5N7O3. The Bertz CT molecular complexity index is 1910. The highest BCUT2D eigenvalue weighted by molar-refractivity contribution is 5.95. The van der Waals surface area contributed by atoms with E-state index in [0.29, 0.717) is 0 Å². The number of halogens is 5. The Morgan fingerprint density at radius 2 is 1.74 bits per heavy atom. The van der Waals surface area contributed by atoms with E-state index >= 15 is 0 Å². The quantitative estimate of drug-likeness (QED) is 0.258. The first kappa shape index (κ1) is 29.5. The zero-order valence-electron chi connectivity index (χ0n) is 23.0. The van der Waals surface area contributed by atoms with Crippen LogP contribution in [-0.4, -0.2) is 60.7 Å². The van der Waals surface area contributed by atoms with Crippen LogP contribution in [0.5, 0.6) is 0 Å². The topological polar surface area (TPSA) is 98.3 Å². The highest BCUT2D eigenvalue weighted by atomic mass is 19.4. The number of carbonyl (C=O) groups excluding carboxylic acids is 1. The van der Waals surface area contributed by atoms with Gasteiger partial charge < -0.3 is 9.80 Å². The van der Waals surface area contributed by atoms with Crippen molar-refractivity contribution < 1.29 is 26.7 Å². The minimum absolute atomic E-state index is 0.0186. The number of carbonyl (C=O) groups is 1. The lowest BCUT2D eigenvalue weighted by molar-refractivity contribution is -0.141. The fraction of sp³-hybridized carbons (Fsp3) is 0.321. The molecule has 1 amide bonds. The van der Waals surface area contributed by atoms with Gasteiger partial charge >= 0.3 is 11.9 Å². The third-order valence-electron chi connectivity index (χ3n) is 7.11. The van der Waals surface area contributed by atoms with Gasteiger partial charge in [0, 0.05) is 39.4 Å². The summed E-state index contributed by atoms with van der Waals surface area (Å²) in [6.07, 6.45) is -3.83. The predicted octanol–water partition coefficient (Wildman–Crippen LogP) is 2.62. The fourth-order valence-electron chi connectivity index (χ4n) is 4.95. The van der Waals surface area contributed by atoms with Crippen molar-refractivity contribution in [3.8, 4) is 11.8 Å². The van der Waals surface area contributed by atoms with Crippen molar-refractivity contribution in [1.29, 1.82) is 0 Å². The number of anilines is 1. The highest BCUT2D eigenvalue weighted by Gasteiger charge is 2.38. The molecule has 1 aliphatic rings. The van der Waals surface area contributed by atoms with E-state index in [9.17, 15) is 36.3 Å². The molecule has 224 valence electrons. The van der Waals surface area contributed by atoms with Crippen LogP contribution in [0.4, 0.5) is 27.9 Å². The van der Waals surface area contributed by atoms with E-state index in [2.05, 4.69) is 21.8 Å². The Labute approximate surface area is 240 Å². The Kier molecular flexibility index (Phi) is 7.78. The zero-order chi connectivity index (χ0) is 31.1. The Morgan fingerprint density at radius 3 is 2.40 bits per heavy atom. The van der Waals surface area contributed by atoms with E-state index in [0.717, 1.165) is 33.5 Å². The normalized spacial score (nSPS) is 13.7. The van der Waals surface area contributed by atoms with Gasteiger partial charge in [-0.15, -0.1) is 5.92 Å². The van der Waals surface area contributed by atoms with Gasteiger partial charge in [-0.1, -0.05) is 12.0 Å². The molecule has 0 bridgehead atoms. The number of hydrogen-bond acceptors (Lipinski definition) is 6. The number of piperazine rings is 1. The molecule has 4 aromatic rings. The minimum Gasteiger partial charge on any atom is -0.339 e. The van der Waals surface area contributed by atoms with Crippen molar-refractivity contribution in [2.75, 3.05) is 31.1 Å². The third-order valence-corrected chi connectivity index (χ3v) is 7.11. The standard InChI is InChI=1S/C28H24F5N7O3/c1-3-4-10-39-21-23(36(2)27(43)40(25(21)42)16-17-7-8-19(29)20(30)15-17)35-26(39)38-13-11-37(12-14-38)24(41)18-6-5-9-34-22(18)28(31,32)33/h5-9,15H,10-14,16H2,1-2H3. The van der Waals surface area contributed by atoms with E-state index in [1.54, 1.807) is 11.8 Å². The maximum Gasteiger partial charge on any atom is 0.434 e. The summed E-state index contributed by atoms with van der Waals surface area (Å²) in [5.74, 6) is 2.90. The first-order valence-corrected chi connectivity index (χ1v) is 13.0. The van der Waals surface area contributed by atoms with E-state index in [4.69, 9.17) is 0 Å². The lowest BCUT2D eigenvalue weighted by Crippen LogP contribution is -2.49. The summed E-state index contributed by atoms with van der Waals surface area (Å²) in [6.45, 7) is 1.72. The summed E-state index contributed by atoms with van der Waals surface area (Å²) >= 11 is 0. The van der Waals surface area contributed by atoms with Crippen LogP contribution in [0.25, 0.3) is 11.2 Å². The number of alkyl halides is 3. The average molecular weight is 602 g/mol. The maximum atomic E-state index is 13.8. The van der Waals surface area contributed by atoms with E-state index in [-0.39, 0.29) is 61.9 Å². The molecule has 43 heavy (non-hydrogen) atoms. The maximum absolute atomic E-state index is 13.8. The first-order chi connectivity index (χ1) is 20.4. The molecule has 1 aliphatic heterocycles. The second-order valence-electron chi connectivity index (χ2n) is 9.75. The van der Waals surface area contributed by atoms with Gasteiger partial charge in [-0.3, -0.25) is 28.3 Å². The zero-order valence-corrected chi connectivity index (χ0v) is 23.0. The minimum atomic E-state index is -4.80. The highest BCUT2D eigenvalue weighted by Crippen LogP contribution is 2.31. The summed E-state index contributed by atoms with van der Waals surface area (Å²) in [5.41, 5.74) is -2.95.